The van der Waals surface area contributed by atoms with E-state index in [4.69, 9.17) is 4.52 Å². The van der Waals surface area contributed by atoms with E-state index in [0.29, 0.717) is 11.7 Å². The molecule has 6 nitrogen and oxygen atoms in total. The molecule has 1 amide bonds. The van der Waals surface area contributed by atoms with Crippen molar-refractivity contribution in [3.05, 3.63) is 47.9 Å². The summed E-state index contributed by atoms with van der Waals surface area (Å²) in [6, 6.07) is 7.48. The maximum absolute atomic E-state index is 12.5. The van der Waals surface area contributed by atoms with Gasteiger partial charge in [-0.15, -0.1) is 11.3 Å². The van der Waals surface area contributed by atoms with E-state index in [1.54, 1.807) is 23.1 Å². The van der Waals surface area contributed by atoms with Crippen LogP contribution < -0.4 is 5.32 Å². The van der Waals surface area contributed by atoms with E-state index in [1.165, 1.54) is 0 Å². The van der Waals surface area contributed by atoms with Gasteiger partial charge < -0.3 is 14.4 Å². The van der Waals surface area contributed by atoms with Gasteiger partial charge in [-0.05, 0) is 42.0 Å². The maximum atomic E-state index is 12.5. The SMILES string of the molecule is CSCC[C@@H](C(=O)NCc1nc(-c2cccs2)no1)n1cccc1. The van der Waals surface area contributed by atoms with Crippen LogP contribution in [0, 0.1) is 0 Å². The van der Waals surface area contributed by atoms with Crippen molar-refractivity contribution in [2.75, 3.05) is 12.0 Å². The number of aromatic nitrogens is 3. The summed E-state index contributed by atoms with van der Waals surface area (Å²) in [7, 11) is 0. The van der Waals surface area contributed by atoms with E-state index in [2.05, 4.69) is 15.5 Å². The molecule has 3 aromatic rings. The smallest absolute Gasteiger partial charge is 0.246 e. The second-order valence-corrected chi connectivity index (χ2v) is 7.07. The van der Waals surface area contributed by atoms with Crippen LogP contribution in [0.1, 0.15) is 18.4 Å². The highest BCUT2D eigenvalue weighted by Gasteiger charge is 2.20. The molecule has 0 saturated heterocycles. The van der Waals surface area contributed by atoms with E-state index in [-0.39, 0.29) is 18.5 Å². The molecule has 1 N–H and O–H groups in total. The second-order valence-electron chi connectivity index (χ2n) is 5.13. The van der Waals surface area contributed by atoms with Gasteiger partial charge in [0.25, 0.3) is 0 Å². The van der Waals surface area contributed by atoms with Gasteiger partial charge >= 0.3 is 0 Å². The predicted molar refractivity (Wildman–Crippen MR) is 95.9 cm³/mol. The average Bonchev–Trinajstić information content (AvgIpc) is 3.33. The molecule has 0 aromatic carbocycles. The third-order valence-corrected chi connectivity index (χ3v) is 5.02. The van der Waals surface area contributed by atoms with Crippen LogP contribution in [0.5, 0.6) is 0 Å². The molecular formula is C16H18N4O2S2. The number of amides is 1. The van der Waals surface area contributed by atoms with Crippen molar-refractivity contribution in [1.82, 2.24) is 20.0 Å². The fraction of sp³-hybridized carbons (Fsp3) is 0.312. The third kappa shape index (κ3) is 4.07. The van der Waals surface area contributed by atoms with Crippen LogP contribution in [0.4, 0.5) is 0 Å². The first kappa shape index (κ1) is 16.8. The molecule has 0 unspecified atom stereocenters. The van der Waals surface area contributed by atoms with Crippen LogP contribution in [-0.4, -0.2) is 32.6 Å². The van der Waals surface area contributed by atoms with Crippen molar-refractivity contribution >= 4 is 29.0 Å². The molecule has 0 aliphatic heterocycles. The molecule has 0 aliphatic carbocycles. The first-order valence-electron chi connectivity index (χ1n) is 7.53. The molecule has 3 aromatic heterocycles. The number of nitrogens with zero attached hydrogens (tertiary/aromatic N) is 3. The molecule has 0 aliphatic rings. The van der Waals surface area contributed by atoms with E-state index in [0.717, 1.165) is 17.1 Å². The lowest BCUT2D eigenvalue weighted by molar-refractivity contribution is -0.124. The lowest BCUT2D eigenvalue weighted by Crippen LogP contribution is -2.32. The second kappa shape index (κ2) is 8.16. The Morgan fingerprint density at radius 2 is 2.25 bits per heavy atom. The Morgan fingerprint density at radius 1 is 1.42 bits per heavy atom. The van der Waals surface area contributed by atoms with Gasteiger partial charge in [0.1, 0.15) is 6.04 Å². The normalized spacial score (nSPS) is 12.2. The van der Waals surface area contributed by atoms with Crippen LogP contribution in [0.3, 0.4) is 0 Å². The van der Waals surface area contributed by atoms with Crippen LogP contribution in [0.25, 0.3) is 10.7 Å². The van der Waals surface area contributed by atoms with Crippen molar-refractivity contribution in [2.45, 2.75) is 19.0 Å². The number of hydrogen-bond donors (Lipinski definition) is 1. The summed E-state index contributed by atoms with van der Waals surface area (Å²) in [6.07, 6.45) is 6.62. The molecule has 24 heavy (non-hydrogen) atoms. The highest BCUT2D eigenvalue weighted by atomic mass is 32.2. The minimum absolute atomic E-state index is 0.0453. The lowest BCUT2D eigenvalue weighted by Gasteiger charge is -2.17. The molecule has 126 valence electrons. The minimum atomic E-state index is -0.230. The number of hydrogen-bond acceptors (Lipinski definition) is 6. The molecule has 3 rings (SSSR count). The Kier molecular flexibility index (Phi) is 5.71. The molecule has 0 radical (unpaired) electrons. The van der Waals surface area contributed by atoms with Crippen molar-refractivity contribution in [3.8, 4) is 10.7 Å². The topological polar surface area (TPSA) is 73.0 Å². The van der Waals surface area contributed by atoms with Gasteiger partial charge in [-0.25, -0.2) is 0 Å². The highest BCUT2D eigenvalue weighted by molar-refractivity contribution is 7.98. The van der Waals surface area contributed by atoms with Crippen molar-refractivity contribution < 1.29 is 9.32 Å². The number of thioether (sulfide) groups is 1. The van der Waals surface area contributed by atoms with Crippen molar-refractivity contribution in [3.63, 3.8) is 0 Å². The van der Waals surface area contributed by atoms with Crippen LogP contribution in [0.2, 0.25) is 0 Å². The molecule has 0 spiro atoms. The van der Waals surface area contributed by atoms with E-state index in [9.17, 15) is 4.79 Å². The minimum Gasteiger partial charge on any atom is -0.345 e. The Labute approximate surface area is 148 Å². The number of carbonyl (C=O) groups is 1. The lowest BCUT2D eigenvalue weighted by atomic mass is 10.2. The molecule has 8 heteroatoms. The summed E-state index contributed by atoms with van der Waals surface area (Å²) in [5.74, 6) is 1.83. The summed E-state index contributed by atoms with van der Waals surface area (Å²) in [4.78, 5) is 17.8. The Hall–Kier alpha value is -2.06. The fourth-order valence-electron chi connectivity index (χ4n) is 2.31. The van der Waals surface area contributed by atoms with Gasteiger partial charge in [-0.2, -0.15) is 16.7 Å². The van der Waals surface area contributed by atoms with Gasteiger partial charge in [-0.1, -0.05) is 11.2 Å². The number of thiophene rings is 1. The first-order valence-corrected chi connectivity index (χ1v) is 9.81. The largest absolute Gasteiger partial charge is 0.345 e. The van der Waals surface area contributed by atoms with Gasteiger partial charge in [0.2, 0.25) is 17.6 Å². The Bertz CT molecular complexity index is 753. The van der Waals surface area contributed by atoms with Gasteiger partial charge in [0.15, 0.2) is 0 Å². The standard InChI is InChI=1S/C16H18N4O2S2/c1-23-10-6-12(20-7-2-3-8-20)16(21)17-11-14-18-15(19-22-14)13-5-4-9-24-13/h2-5,7-9,12H,6,10-11H2,1H3,(H,17,21)/t12-/m0/s1. The van der Waals surface area contributed by atoms with Crippen LogP contribution in [0.15, 0.2) is 46.6 Å². The number of rotatable bonds is 8. The summed E-state index contributed by atoms with van der Waals surface area (Å²) >= 11 is 3.28. The quantitative estimate of drug-likeness (QED) is 0.666. The Morgan fingerprint density at radius 3 is 2.96 bits per heavy atom. The zero-order valence-electron chi connectivity index (χ0n) is 13.2. The number of nitrogens with one attached hydrogen (secondary N) is 1. The molecular weight excluding hydrogens is 344 g/mol. The van der Waals surface area contributed by atoms with Crippen LogP contribution >= 0.6 is 23.1 Å². The highest BCUT2D eigenvalue weighted by Crippen LogP contribution is 2.21. The van der Waals surface area contributed by atoms with Crippen molar-refractivity contribution in [2.24, 2.45) is 0 Å². The first-order chi connectivity index (χ1) is 11.8. The monoisotopic (exact) mass is 362 g/mol. The summed E-state index contributed by atoms with van der Waals surface area (Å²) in [5, 5.41) is 8.80. The Balaban J connectivity index is 1.61. The third-order valence-electron chi connectivity index (χ3n) is 3.51. The average molecular weight is 362 g/mol. The number of carbonyl (C=O) groups excluding carboxylic acids is 1. The summed E-state index contributed by atoms with van der Waals surface area (Å²) < 4.78 is 7.14. The van der Waals surface area contributed by atoms with E-state index in [1.807, 2.05) is 52.9 Å². The van der Waals surface area contributed by atoms with Gasteiger partial charge in [-0.3, -0.25) is 4.79 Å². The molecule has 0 bridgehead atoms. The maximum Gasteiger partial charge on any atom is 0.246 e. The zero-order chi connectivity index (χ0) is 16.8. The van der Waals surface area contributed by atoms with Gasteiger partial charge in [0.05, 0.1) is 11.4 Å². The summed E-state index contributed by atoms with van der Waals surface area (Å²) in [6.45, 7) is 0.230. The van der Waals surface area contributed by atoms with E-state index < -0.39 is 0 Å². The molecule has 0 saturated carbocycles. The molecule has 0 fully saturated rings. The van der Waals surface area contributed by atoms with Gasteiger partial charge in [0, 0.05) is 12.4 Å². The zero-order valence-corrected chi connectivity index (χ0v) is 14.8. The molecule has 1 atom stereocenters. The van der Waals surface area contributed by atoms with Crippen molar-refractivity contribution in [1.29, 1.82) is 0 Å². The summed E-state index contributed by atoms with van der Waals surface area (Å²) in [5.41, 5.74) is 0. The molecule has 3 heterocycles. The van der Waals surface area contributed by atoms with E-state index >= 15 is 0 Å². The van der Waals surface area contributed by atoms with Crippen LogP contribution in [-0.2, 0) is 11.3 Å². The predicted octanol–water partition coefficient (Wildman–Crippen LogP) is 3.21. The fourth-order valence-corrected chi connectivity index (χ4v) is 3.42.